The molecule has 96 valence electrons. The summed E-state index contributed by atoms with van der Waals surface area (Å²) in [6.45, 7) is 1.66. The van der Waals surface area contributed by atoms with Crippen molar-refractivity contribution in [1.82, 2.24) is 0 Å². The van der Waals surface area contributed by atoms with Gasteiger partial charge in [-0.05, 0) is 0 Å². The molecular weight excluding hydrogens is 366 g/mol. The van der Waals surface area contributed by atoms with Crippen LogP contribution in [0.1, 0.15) is 6.92 Å². The average Bonchev–Trinajstić information content (AvgIpc) is 2.45. The third-order valence-corrected chi connectivity index (χ3v) is 7.38. The van der Waals surface area contributed by atoms with E-state index in [0.29, 0.717) is 0 Å². The minimum atomic E-state index is 0.115. The second-order valence-electron chi connectivity index (χ2n) is 3.88. The Kier molecular flexibility index (Phi) is 5.62. The van der Waals surface area contributed by atoms with Crippen LogP contribution in [0.4, 0.5) is 0 Å². The molecule has 0 bridgehead atoms. The van der Waals surface area contributed by atoms with Gasteiger partial charge in [0.05, 0.1) is 0 Å². The first-order valence-corrected chi connectivity index (χ1v) is 9.47. The van der Waals surface area contributed by atoms with Crippen LogP contribution in [0.2, 0.25) is 0 Å². The van der Waals surface area contributed by atoms with Gasteiger partial charge >= 0.3 is 126 Å². The van der Waals surface area contributed by atoms with Crippen molar-refractivity contribution >= 4 is 44.6 Å². The molecule has 0 aromatic heterocycles. The van der Waals surface area contributed by atoms with Crippen molar-refractivity contribution in [3.8, 4) is 0 Å². The SMILES string of the molecule is CC(=O)/C(=C/[Se]c1ccccc1)[Se]c1ccccc1. The van der Waals surface area contributed by atoms with E-state index in [1.807, 2.05) is 36.4 Å². The van der Waals surface area contributed by atoms with Crippen molar-refractivity contribution in [3.05, 3.63) is 70.1 Å². The first-order chi connectivity index (χ1) is 9.25. The van der Waals surface area contributed by atoms with Crippen LogP contribution in [0.3, 0.4) is 0 Å². The first-order valence-electron chi connectivity index (χ1n) is 5.91. The molecular formula is C16H14OSe2. The normalized spacial score (nSPS) is 11.3. The van der Waals surface area contributed by atoms with E-state index in [4.69, 9.17) is 0 Å². The standard InChI is InChI=1S/C16H14OSe2/c1-13(17)16(19-15-10-6-3-7-11-15)12-18-14-8-4-2-5-9-14/h2-12H,1H3/b16-12-. The molecule has 19 heavy (non-hydrogen) atoms. The Balaban J connectivity index is 2.10. The quantitative estimate of drug-likeness (QED) is 0.568. The summed E-state index contributed by atoms with van der Waals surface area (Å²) in [5.74, 6) is 0.196. The topological polar surface area (TPSA) is 17.1 Å². The van der Waals surface area contributed by atoms with Crippen molar-refractivity contribution in [2.75, 3.05) is 0 Å². The second-order valence-corrected chi connectivity index (χ2v) is 8.20. The van der Waals surface area contributed by atoms with Crippen molar-refractivity contribution < 1.29 is 4.79 Å². The van der Waals surface area contributed by atoms with Gasteiger partial charge in [0.1, 0.15) is 0 Å². The number of ketones is 1. The molecule has 0 spiro atoms. The van der Waals surface area contributed by atoms with Crippen molar-refractivity contribution in [3.63, 3.8) is 0 Å². The summed E-state index contributed by atoms with van der Waals surface area (Å²) >= 11 is 0.350. The molecule has 0 aliphatic carbocycles. The monoisotopic (exact) mass is 382 g/mol. The molecule has 0 saturated heterocycles. The molecule has 2 rings (SSSR count). The zero-order valence-electron chi connectivity index (χ0n) is 10.6. The van der Waals surface area contributed by atoms with Crippen LogP contribution < -0.4 is 8.92 Å². The molecule has 0 aliphatic rings. The van der Waals surface area contributed by atoms with Crippen LogP contribution in [0.25, 0.3) is 0 Å². The van der Waals surface area contributed by atoms with Crippen LogP contribution in [0, 0.1) is 0 Å². The van der Waals surface area contributed by atoms with Crippen molar-refractivity contribution in [2.24, 2.45) is 0 Å². The number of hydrogen-bond donors (Lipinski definition) is 0. The number of carbonyl (C=O) groups is 1. The summed E-state index contributed by atoms with van der Waals surface area (Å²) < 4.78 is 3.53. The molecule has 3 heteroatoms. The van der Waals surface area contributed by atoms with Gasteiger partial charge in [-0.25, -0.2) is 0 Å². The fraction of sp³-hybridized carbons (Fsp3) is 0.0625. The van der Waals surface area contributed by atoms with Gasteiger partial charge in [-0.15, -0.1) is 0 Å². The summed E-state index contributed by atoms with van der Waals surface area (Å²) in [5, 5.41) is 0. The van der Waals surface area contributed by atoms with Gasteiger partial charge in [0.2, 0.25) is 0 Å². The number of allylic oxidation sites excluding steroid dienone is 1. The summed E-state index contributed by atoms with van der Waals surface area (Å²) in [6, 6.07) is 20.6. The molecule has 0 unspecified atom stereocenters. The Morgan fingerprint density at radius 2 is 1.42 bits per heavy atom. The molecule has 0 atom stereocenters. The molecule has 0 aliphatic heterocycles. The maximum atomic E-state index is 11.7. The molecule has 2 aromatic rings. The third kappa shape index (κ3) is 4.81. The third-order valence-electron chi connectivity index (χ3n) is 2.36. The van der Waals surface area contributed by atoms with Crippen LogP contribution in [-0.4, -0.2) is 35.7 Å². The number of benzene rings is 2. The molecule has 2 aromatic carbocycles. The second kappa shape index (κ2) is 7.47. The summed E-state index contributed by atoms with van der Waals surface area (Å²) in [6.07, 6.45) is 0. The van der Waals surface area contributed by atoms with E-state index >= 15 is 0 Å². The number of hydrogen-bond acceptors (Lipinski definition) is 1. The van der Waals surface area contributed by atoms with E-state index in [-0.39, 0.29) is 35.7 Å². The zero-order chi connectivity index (χ0) is 13.5. The predicted octanol–water partition coefficient (Wildman–Crippen LogP) is 1.48. The van der Waals surface area contributed by atoms with Crippen LogP contribution in [0.15, 0.2) is 70.1 Å². The van der Waals surface area contributed by atoms with Crippen LogP contribution in [0.5, 0.6) is 0 Å². The molecule has 0 heterocycles. The molecule has 0 radical (unpaired) electrons. The van der Waals surface area contributed by atoms with Crippen molar-refractivity contribution in [1.29, 1.82) is 0 Å². The zero-order valence-corrected chi connectivity index (χ0v) is 14.0. The Morgan fingerprint density at radius 3 is 1.95 bits per heavy atom. The van der Waals surface area contributed by atoms with Gasteiger partial charge in [0.15, 0.2) is 0 Å². The minimum absolute atomic E-state index is 0.115. The number of rotatable bonds is 5. The molecule has 1 nitrogen and oxygen atoms in total. The predicted molar refractivity (Wildman–Crippen MR) is 82.4 cm³/mol. The van der Waals surface area contributed by atoms with Gasteiger partial charge in [-0.1, -0.05) is 0 Å². The Labute approximate surface area is 126 Å². The summed E-state index contributed by atoms with van der Waals surface area (Å²) in [7, 11) is 0. The van der Waals surface area contributed by atoms with Crippen molar-refractivity contribution in [2.45, 2.75) is 6.92 Å². The maximum absolute atomic E-state index is 11.7. The van der Waals surface area contributed by atoms with Crippen LogP contribution >= 0.6 is 0 Å². The van der Waals surface area contributed by atoms with E-state index in [0.717, 1.165) is 4.47 Å². The number of Topliss-reactive ketones (excluding diaryl/α,β-unsaturated/α-hetero) is 1. The van der Waals surface area contributed by atoms with E-state index < -0.39 is 0 Å². The molecule has 0 amide bonds. The summed E-state index contributed by atoms with van der Waals surface area (Å²) in [4.78, 5) is 13.9. The van der Waals surface area contributed by atoms with Gasteiger partial charge in [-0.2, -0.15) is 0 Å². The van der Waals surface area contributed by atoms with E-state index in [2.05, 4.69) is 29.2 Å². The molecule has 0 saturated carbocycles. The van der Waals surface area contributed by atoms with E-state index in [1.54, 1.807) is 6.92 Å². The summed E-state index contributed by atoms with van der Waals surface area (Å²) in [5.41, 5.74) is 0. The first kappa shape index (κ1) is 14.3. The van der Waals surface area contributed by atoms with E-state index in [9.17, 15) is 4.79 Å². The average molecular weight is 380 g/mol. The molecule has 0 N–H and O–H groups in total. The molecule has 0 fully saturated rings. The van der Waals surface area contributed by atoms with Gasteiger partial charge in [-0.3, -0.25) is 0 Å². The fourth-order valence-electron chi connectivity index (χ4n) is 1.42. The Bertz CT molecular complexity index is 562. The van der Waals surface area contributed by atoms with Gasteiger partial charge in [0, 0.05) is 0 Å². The Hall–Kier alpha value is -1.11. The number of carbonyl (C=O) groups excluding carboxylic acids is 1. The Morgan fingerprint density at radius 1 is 0.895 bits per heavy atom. The van der Waals surface area contributed by atoms with Gasteiger partial charge in [0.25, 0.3) is 0 Å². The van der Waals surface area contributed by atoms with Gasteiger partial charge < -0.3 is 0 Å². The van der Waals surface area contributed by atoms with E-state index in [1.165, 1.54) is 8.92 Å². The van der Waals surface area contributed by atoms with Crippen LogP contribution in [-0.2, 0) is 4.79 Å². The fourth-order valence-corrected chi connectivity index (χ4v) is 5.53.